The third kappa shape index (κ3) is 2.94. The molecule has 4 heteroatoms. The van der Waals surface area contributed by atoms with E-state index in [9.17, 15) is 9.50 Å². The Morgan fingerprint density at radius 1 is 1.50 bits per heavy atom. The van der Waals surface area contributed by atoms with Gasteiger partial charge >= 0.3 is 0 Å². The van der Waals surface area contributed by atoms with Crippen LogP contribution in [0.2, 0.25) is 5.02 Å². The van der Waals surface area contributed by atoms with Gasteiger partial charge in [0.15, 0.2) is 0 Å². The van der Waals surface area contributed by atoms with Crippen LogP contribution in [0.5, 0.6) is 0 Å². The minimum absolute atomic E-state index is 0.0158. The molecule has 16 heavy (non-hydrogen) atoms. The number of rotatable bonds is 5. The van der Waals surface area contributed by atoms with E-state index in [1.54, 1.807) is 13.1 Å². The molecule has 0 aliphatic heterocycles. The maximum absolute atomic E-state index is 13.7. The Labute approximate surface area is 100 Å². The molecule has 2 nitrogen and oxygen atoms in total. The molecule has 0 bridgehead atoms. The summed E-state index contributed by atoms with van der Waals surface area (Å²) in [4.78, 5) is 0. The molecule has 0 heterocycles. The molecule has 90 valence electrons. The van der Waals surface area contributed by atoms with E-state index in [1.807, 2.05) is 6.92 Å². The second-order valence-electron chi connectivity index (χ2n) is 3.78. The third-order valence-corrected chi connectivity index (χ3v) is 3.07. The maximum Gasteiger partial charge on any atom is 0.128 e. The zero-order chi connectivity index (χ0) is 12.1. The Kier molecular flexibility index (Phi) is 5.19. The largest absolute Gasteiger partial charge is 0.396 e. The summed E-state index contributed by atoms with van der Waals surface area (Å²) in [6.45, 7) is 1.99. The van der Waals surface area contributed by atoms with Crippen LogP contribution in [0.25, 0.3) is 0 Å². The molecule has 0 amide bonds. The van der Waals surface area contributed by atoms with Gasteiger partial charge in [0.1, 0.15) is 5.82 Å². The lowest BCUT2D eigenvalue weighted by Crippen LogP contribution is -2.28. The molecular formula is C12H17ClFNO. The van der Waals surface area contributed by atoms with Crippen LogP contribution < -0.4 is 5.32 Å². The highest BCUT2D eigenvalue weighted by atomic mass is 35.5. The van der Waals surface area contributed by atoms with Gasteiger partial charge in [0.05, 0.1) is 0 Å². The molecule has 0 aromatic heterocycles. The van der Waals surface area contributed by atoms with Crippen LogP contribution in [0, 0.1) is 11.7 Å². The lowest BCUT2D eigenvalue weighted by molar-refractivity contribution is 0.187. The van der Waals surface area contributed by atoms with Crippen molar-refractivity contribution in [3.8, 4) is 0 Å². The van der Waals surface area contributed by atoms with Gasteiger partial charge in [-0.1, -0.05) is 18.5 Å². The highest BCUT2D eigenvalue weighted by Crippen LogP contribution is 2.28. The number of nitrogens with one attached hydrogen (secondary N) is 1. The number of aliphatic hydroxyl groups excluding tert-OH is 1. The smallest absolute Gasteiger partial charge is 0.128 e. The molecule has 0 aliphatic rings. The Balaban J connectivity index is 3.06. The zero-order valence-corrected chi connectivity index (χ0v) is 10.3. The van der Waals surface area contributed by atoms with Crippen molar-refractivity contribution in [3.05, 3.63) is 34.6 Å². The van der Waals surface area contributed by atoms with Gasteiger partial charge in [-0.05, 0) is 31.7 Å². The van der Waals surface area contributed by atoms with Crippen molar-refractivity contribution in [1.29, 1.82) is 0 Å². The van der Waals surface area contributed by atoms with Gasteiger partial charge in [-0.2, -0.15) is 0 Å². The number of aliphatic hydroxyl groups is 1. The van der Waals surface area contributed by atoms with Crippen LogP contribution >= 0.6 is 11.6 Å². The van der Waals surface area contributed by atoms with E-state index in [0.29, 0.717) is 10.6 Å². The lowest BCUT2D eigenvalue weighted by atomic mass is 9.91. The fourth-order valence-corrected chi connectivity index (χ4v) is 2.05. The lowest BCUT2D eigenvalue weighted by Gasteiger charge is -2.25. The van der Waals surface area contributed by atoms with E-state index < -0.39 is 0 Å². The quantitative estimate of drug-likeness (QED) is 0.836. The zero-order valence-electron chi connectivity index (χ0n) is 9.50. The van der Waals surface area contributed by atoms with Crippen molar-refractivity contribution >= 4 is 11.6 Å². The molecule has 0 saturated heterocycles. The second kappa shape index (κ2) is 6.18. The summed E-state index contributed by atoms with van der Waals surface area (Å²) in [6.07, 6.45) is 0.772. The first-order valence-corrected chi connectivity index (χ1v) is 5.74. The van der Waals surface area contributed by atoms with Gasteiger partial charge in [0.25, 0.3) is 0 Å². The molecule has 2 unspecified atom stereocenters. The maximum atomic E-state index is 13.7. The van der Waals surface area contributed by atoms with Gasteiger partial charge in [-0.15, -0.1) is 0 Å². The average molecular weight is 246 g/mol. The van der Waals surface area contributed by atoms with Crippen LogP contribution in [-0.4, -0.2) is 18.8 Å². The SMILES string of the molecule is CCC(CO)C(NC)c1cc(Cl)ccc1F. The summed E-state index contributed by atoms with van der Waals surface area (Å²) in [7, 11) is 1.75. The van der Waals surface area contributed by atoms with Crippen LogP contribution in [0.3, 0.4) is 0 Å². The Bertz CT molecular complexity index is 342. The second-order valence-corrected chi connectivity index (χ2v) is 4.22. The van der Waals surface area contributed by atoms with Crippen molar-refractivity contribution in [2.24, 2.45) is 5.92 Å². The Morgan fingerprint density at radius 3 is 2.69 bits per heavy atom. The Hall–Kier alpha value is -0.640. The van der Waals surface area contributed by atoms with Crippen molar-refractivity contribution in [2.45, 2.75) is 19.4 Å². The normalized spacial score (nSPS) is 14.8. The fourth-order valence-electron chi connectivity index (χ4n) is 1.87. The molecule has 2 atom stereocenters. The minimum atomic E-state index is -0.296. The van der Waals surface area contributed by atoms with Gasteiger partial charge in [0, 0.05) is 29.2 Å². The van der Waals surface area contributed by atoms with E-state index in [1.165, 1.54) is 12.1 Å². The topological polar surface area (TPSA) is 32.3 Å². The molecule has 1 rings (SSSR count). The predicted octanol–water partition coefficient (Wildman–Crippen LogP) is 2.76. The summed E-state index contributed by atoms with van der Waals surface area (Å²) in [6, 6.07) is 4.27. The van der Waals surface area contributed by atoms with Crippen molar-refractivity contribution < 1.29 is 9.50 Å². The number of hydrogen-bond acceptors (Lipinski definition) is 2. The first-order valence-electron chi connectivity index (χ1n) is 5.37. The molecule has 0 radical (unpaired) electrons. The first-order chi connectivity index (χ1) is 7.63. The highest BCUT2D eigenvalue weighted by molar-refractivity contribution is 6.30. The van der Waals surface area contributed by atoms with E-state index in [2.05, 4.69) is 5.32 Å². The average Bonchev–Trinajstić information content (AvgIpc) is 2.29. The summed E-state index contributed by atoms with van der Waals surface area (Å²) in [5, 5.41) is 12.8. The molecule has 0 saturated carbocycles. The molecule has 2 N–H and O–H groups in total. The van der Waals surface area contributed by atoms with Crippen LogP contribution in [0.1, 0.15) is 24.9 Å². The minimum Gasteiger partial charge on any atom is -0.396 e. The van der Waals surface area contributed by atoms with Crippen molar-refractivity contribution in [3.63, 3.8) is 0 Å². The summed E-state index contributed by atoms with van der Waals surface area (Å²) in [5.74, 6) is -0.311. The standard InChI is InChI=1S/C12H17ClFNO/c1-3-8(7-16)12(15-2)10-6-9(13)4-5-11(10)14/h4-6,8,12,15-16H,3,7H2,1-2H3. The molecule has 0 aliphatic carbocycles. The van der Waals surface area contributed by atoms with Gasteiger partial charge in [-0.3, -0.25) is 0 Å². The third-order valence-electron chi connectivity index (χ3n) is 2.83. The molecule has 1 aromatic carbocycles. The molecule has 0 spiro atoms. The summed E-state index contributed by atoms with van der Waals surface area (Å²) >= 11 is 5.85. The van der Waals surface area contributed by atoms with Gasteiger partial charge in [0.2, 0.25) is 0 Å². The van der Waals surface area contributed by atoms with E-state index >= 15 is 0 Å². The molecule has 0 fully saturated rings. The number of halogens is 2. The van der Waals surface area contributed by atoms with Crippen LogP contribution in [-0.2, 0) is 0 Å². The fraction of sp³-hybridized carbons (Fsp3) is 0.500. The number of hydrogen-bond donors (Lipinski definition) is 2. The van der Waals surface area contributed by atoms with E-state index in [-0.39, 0.29) is 24.4 Å². The molecule has 1 aromatic rings. The van der Waals surface area contributed by atoms with Gasteiger partial charge < -0.3 is 10.4 Å². The summed E-state index contributed by atoms with van der Waals surface area (Å²) in [5.41, 5.74) is 0.510. The predicted molar refractivity (Wildman–Crippen MR) is 64.1 cm³/mol. The van der Waals surface area contributed by atoms with Crippen LogP contribution in [0.4, 0.5) is 4.39 Å². The van der Waals surface area contributed by atoms with Gasteiger partial charge in [-0.25, -0.2) is 4.39 Å². The highest BCUT2D eigenvalue weighted by Gasteiger charge is 2.22. The first kappa shape index (κ1) is 13.4. The number of benzene rings is 1. The Morgan fingerprint density at radius 2 is 2.19 bits per heavy atom. The van der Waals surface area contributed by atoms with Crippen LogP contribution in [0.15, 0.2) is 18.2 Å². The van der Waals surface area contributed by atoms with E-state index in [0.717, 1.165) is 6.42 Å². The van der Waals surface area contributed by atoms with E-state index in [4.69, 9.17) is 11.6 Å². The van der Waals surface area contributed by atoms with Crippen molar-refractivity contribution in [2.75, 3.05) is 13.7 Å². The molecular weight excluding hydrogens is 229 g/mol. The monoisotopic (exact) mass is 245 g/mol. The van der Waals surface area contributed by atoms with Crippen molar-refractivity contribution in [1.82, 2.24) is 5.32 Å². The summed E-state index contributed by atoms with van der Waals surface area (Å²) < 4.78 is 13.7.